The fourth-order valence-corrected chi connectivity index (χ4v) is 2.90. The molecule has 1 aliphatic rings. The van der Waals surface area contributed by atoms with Crippen LogP contribution in [0.1, 0.15) is 25.3 Å². The van der Waals surface area contributed by atoms with Gasteiger partial charge < -0.3 is 15.6 Å². The minimum Gasteiger partial charge on any atom is -0.497 e. The maximum Gasteiger partial charge on any atom is 0.118 e. The molecule has 18 heavy (non-hydrogen) atoms. The number of aliphatic hydroxyl groups is 1. The number of aryl methyl sites for hydroxylation is 1. The molecule has 0 spiro atoms. The first-order valence-electron chi connectivity index (χ1n) is 6.53. The lowest BCUT2D eigenvalue weighted by molar-refractivity contribution is 0.177. The van der Waals surface area contributed by atoms with E-state index < -0.39 is 0 Å². The number of aliphatic hydroxyl groups excluding tert-OH is 1. The smallest absolute Gasteiger partial charge is 0.118 e. The molecular formula is C15H23NO2. The Morgan fingerprint density at radius 1 is 1.33 bits per heavy atom. The molecule has 0 aromatic heterocycles. The maximum absolute atomic E-state index is 9.46. The highest BCUT2D eigenvalue weighted by Gasteiger charge is 2.62. The number of hydrogen-bond donors (Lipinski definition) is 2. The van der Waals surface area contributed by atoms with Crippen LogP contribution in [0, 0.1) is 10.8 Å². The van der Waals surface area contributed by atoms with Crippen molar-refractivity contribution in [3.8, 4) is 5.75 Å². The molecule has 0 amide bonds. The second-order valence-corrected chi connectivity index (χ2v) is 5.73. The summed E-state index contributed by atoms with van der Waals surface area (Å²) in [6.45, 7) is 3.03. The van der Waals surface area contributed by atoms with E-state index in [0.717, 1.165) is 25.0 Å². The molecule has 0 aliphatic heterocycles. The van der Waals surface area contributed by atoms with Crippen molar-refractivity contribution < 1.29 is 9.84 Å². The number of nitrogens with two attached hydrogens (primary N) is 1. The molecule has 3 nitrogen and oxygen atoms in total. The van der Waals surface area contributed by atoms with Gasteiger partial charge in [-0.2, -0.15) is 0 Å². The highest BCUT2D eigenvalue weighted by molar-refractivity contribution is 5.27. The second kappa shape index (κ2) is 4.90. The van der Waals surface area contributed by atoms with Gasteiger partial charge in [-0.05, 0) is 42.4 Å². The standard InChI is InChI=1S/C15H23NO2/c1-14(9-15(14,10-16)11-17)8-7-12-3-5-13(18-2)6-4-12/h3-6,17H,7-11,16H2,1-2H3. The second-order valence-electron chi connectivity index (χ2n) is 5.73. The van der Waals surface area contributed by atoms with Crippen molar-refractivity contribution >= 4 is 0 Å². The van der Waals surface area contributed by atoms with E-state index >= 15 is 0 Å². The van der Waals surface area contributed by atoms with Gasteiger partial charge in [0.2, 0.25) is 0 Å². The third-order valence-corrected chi connectivity index (χ3v) is 4.70. The van der Waals surface area contributed by atoms with Gasteiger partial charge in [-0.25, -0.2) is 0 Å². The molecule has 0 saturated heterocycles. The first kappa shape index (κ1) is 13.4. The van der Waals surface area contributed by atoms with Crippen LogP contribution in [0.25, 0.3) is 0 Å². The largest absolute Gasteiger partial charge is 0.497 e. The molecule has 0 radical (unpaired) electrons. The van der Waals surface area contributed by atoms with Crippen molar-refractivity contribution in [2.45, 2.75) is 26.2 Å². The van der Waals surface area contributed by atoms with Gasteiger partial charge in [0.05, 0.1) is 13.7 Å². The molecule has 100 valence electrons. The van der Waals surface area contributed by atoms with Crippen molar-refractivity contribution in [1.29, 1.82) is 0 Å². The molecule has 1 aromatic carbocycles. The van der Waals surface area contributed by atoms with Crippen molar-refractivity contribution in [3.05, 3.63) is 29.8 Å². The van der Waals surface area contributed by atoms with Gasteiger partial charge in [0.15, 0.2) is 0 Å². The number of rotatable bonds is 6. The zero-order valence-electron chi connectivity index (χ0n) is 11.3. The van der Waals surface area contributed by atoms with E-state index in [2.05, 4.69) is 19.1 Å². The van der Waals surface area contributed by atoms with Crippen LogP contribution in [0.15, 0.2) is 24.3 Å². The molecule has 2 rings (SSSR count). The summed E-state index contributed by atoms with van der Waals surface area (Å²) in [6.07, 6.45) is 3.16. The summed E-state index contributed by atoms with van der Waals surface area (Å²) in [6, 6.07) is 8.20. The Morgan fingerprint density at radius 2 is 2.00 bits per heavy atom. The zero-order chi connectivity index (χ0) is 13.2. The summed E-state index contributed by atoms with van der Waals surface area (Å²) in [5.74, 6) is 0.892. The summed E-state index contributed by atoms with van der Waals surface area (Å²) in [5, 5.41) is 9.46. The third kappa shape index (κ3) is 2.25. The van der Waals surface area contributed by atoms with Crippen molar-refractivity contribution in [1.82, 2.24) is 0 Å². The van der Waals surface area contributed by atoms with Crippen LogP contribution >= 0.6 is 0 Å². The fourth-order valence-electron chi connectivity index (χ4n) is 2.90. The number of hydrogen-bond acceptors (Lipinski definition) is 3. The SMILES string of the molecule is COc1ccc(CCC2(C)CC2(CN)CO)cc1. The van der Waals surface area contributed by atoms with E-state index in [1.54, 1.807) is 7.11 Å². The van der Waals surface area contributed by atoms with E-state index in [1.807, 2.05) is 12.1 Å². The lowest BCUT2D eigenvalue weighted by Crippen LogP contribution is -2.26. The van der Waals surface area contributed by atoms with Crippen LogP contribution in [0.3, 0.4) is 0 Å². The van der Waals surface area contributed by atoms with Gasteiger partial charge >= 0.3 is 0 Å². The molecule has 3 heteroatoms. The van der Waals surface area contributed by atoms with Crippen LogP contribution in [-0.2, 0) is 6.42 Å². The van der Waals surface area contributed by atoms with E-state index in [-0.39, 0.29) is 17.4 Å². The van der Waals surface area contributed by atoms with Gasteiger partial charge in [0.1, 0.15) is 5.75 Å². The van der Waals surface area contributed by atoms with Crippen molar-refractivity contribution in [2.75, 3.05) is 20.3 Å². The summed E-state index contributed by atoms with van der Waals surface area (Å²) in [7, 11) is 1.68. The van der Waals surface area contributed by atoms with Crippen LogP contribution in [0.4, 0.5) is 0 Å². The summed E-state index contributed by atoms with van der Waals surface area (Å²) in [5.41, 5.74) is 7.27. The van der Waals surface area contributed by atoms with Gasteiger partial charge in [-0.1, -0.05) is 19.1 Å². The highest BCUT2D eigenvalue weighted by atomic mass is 16.5. The molecule has 1 aromatic rings. The van der Waals surface area contributed by atoms with Gasteiger partial charge in [-0.3, -0.25) is 0 Å². The normalized spacial score (nSPS) is 30.2. The lowest BCUT2D eigenvalue weighted by Gasteiger charge is -2.19. The monoisotopic (exact) mass is 249 g/mol. The topological polar surface area (TPSA) is 55.5 Å². The molecule has 2 atom stereocenters. The maximum atomic E-state index is 9.46. The summed E-state index contributed by atoms with van der Waals surface area (Å²) >= 11 is 0. The third-order valence-electron chi connectivity index (χ3n) is 4.70. The summed E-state index contributed by atoms with van der Waals surface area (Å²) < 4.78 is 5.15. The Bertz CT molecular complexity index is 397. The number of ether oxygens (including phenoxy) is 1. The number of methoxy groups -OCH3 is 1. The molecule has 2 unspecified atom stereocenters. The predicted molar refractivity (Wildman–Crippen MR) is 72.6 cm³/mol. The molecule has 0 bridgehead atoms. The van der Waals surface area contributed by atoms with Gasteiger partial charge in [0, 0.05) is 12.0 Å². The first-order chi connectivity index (χ1) is 8.59. The zero-order valence-corrected chi connectivity index (χ0v) is 11.3. The Balaban J connectivity index is 1.92. The first-order valence-corrected chi connectivity index (χ1v) is 6.53. The van der Waals surface area contributed by atoms with Crippen LogP contribution in [-0.4, -0.2) is 25.4 Å². The molecular weight excluding hydrogens is 226 g/mol. The van der Waals surface area contributed by atoms with Crippen LogP contribution in [0.5, 0.6) is 5.75 Å². The Hall–Kier alpha value is -1.06. The van der Waals surface area contributed by atoms with Crippen LogP contribution in [0.2, 0.25) is 0 Å². The van der Waals surface area contributed by atoms with E-state index in [4.69, 9.17) is 10.5 Å². The van der Waals surface area contributed by atoms with E-state index in [1.165, 1.54) is 5.56 Å². The van der Waals surface area contributed by atoms with Crippen molar-refractivity contribution in [2.24, 2.45) is 16.6 Å². The average molecular weight is 249 g/mol. The van der Waals surface area contributed by atoms with Crippen molar-refractivity contribution in [3.63, 3.8) is 0 Å². The van der Waals surface area contributed by atoms with Gasteiger partial charge in [0.25, 0.3) is 0 Å². The fraction of sp³-hybridized carbons (Fsp3) is 0.600. The molecule has 0 heterocycles. The predicted octanol–water partition coefficient (Wildman–Crippen LogP) is 1.98. The Kier molecular flexibility index (Phi) is 3.64. The van der Waals surface area contributed by atoms with Gasteiger partial charge in [-0.15, -0.1) is 0 Å². The highest BCUT2D eigenvalue weighted by Crippen LogP contribution is 2.65. The van der Waals surface area contributed by atoms with E-state index in [0.29, 0.717) is 6.54 Å². The molecule has 1 saturated carbocycles. The number of benzene rings is 1. The van der Waals surface area contributed by atoms with E-state index in [9.17, 15) is 5.11 Å². The minimum atomic E-state index is -0.0283. The summed E-state index contributed by atoms with van der Waals surface area (Å²) in [4.78, 5) is 0. The molecule has 1 fully saturated rings. The molecule has 3 N–H and O–H groups in total. The Labute approximate surface area is 109 Å². The van der Waals surface area contributed by atoms with Crippen LogP contribution < -0.4 is 10.5 Å². The lowest BCUT2D eigenvalue weighted by atomic mass is 9.89. The quantitative estimate of drug-likeness (QED) is 0.810. The minimum absolute atomic E-state index is 0.0283. The molecule has 1 aliphatic carbocycles. The average Bonchev–Trinajstić information content (AvgIpc) is 3.03. The Morgan fingerprint density at radius 3 is 2.44 bits per heavy atom.